The molecule has 6 heterocycles. The normalized spacial score (nSPS) is 24.6. The number of hydrogen-bond donors (Lipinski definition) is 3. The molecule has 0 unspecified atom stereocenters. The standard InChI is InChI=1S/C23H30N8O2/c1-14-19(24)23(13-33-14)6-10-30(11-7-23)21-16(12-32)26-18-20(27-21)28-29-22(18)31-9-3-4-15-17(31)5-2-8-25-15/h2,5,8,14,19,32H,3-4,6-7,9-13,24H2,1H3,(H,27,28,29)/t14-,19+/m0/s1. The van der Waals surface area contributed by atoms with Gasteiger partial charge in [0.15, 0.2) is 22.8 Å². The van der Waals surface area contributed by atoms with Crippen LogP contribution in [0.25, 0.3) is 11.2 Å². The van der Waals surface area contributed by atoms with Crippen LogP contribution in [0.1, 0.15) is 37.6 Å². The number of rotatable bonds is 3. The second-order valence-corrected chi connectivity index (χ2v) is 9.51. The third-order valence-corrected chi connectivity index (χ3v) is 7.69. The number of aliphatic hydroxyl groups is 1. The number of nitrogens with two attached hydrogens (primary N) is 1. The van der Waals surface area contributed by atoms with Gasteiger partial charge in [0.05, 0.1) is 30.7 Å². The van der Waals surface area contributed by atoms with Gasteiger partial charge in [0.2, 0.25) is 0 Å². The molecule has 3 aromatic heterocycles. The summed E-state index contributed by atoms with van der Waals surface area (Å²) < 4.78 is 5.85. The van der Waals surface area contributed by atoms with E-state index >= 15 is 0 Å². The Hall–Kier alpha value is -2.82. The number of ether oxygens (including phenoxy) is 1. The van der Waals surface area contributed by atoms with Crippen molar-refractivity contribution in [3.63, 3.8) is 0 Å². The summed E-state index contributed by atoms with van der Waals surface area (Å²) in [5.41, 5.74) is 10.5. The van der Waals surface area contributed by atoms with E-state index in [4.69, 9.17) is 20.4 Å². The maximum atomic E-state index is 10.2. The summed E-state index contributed by atoms with van der Waals surface area (Å²) in [6.07, 6.45) is 5.76. The predicted octanol–water partition coefficient (Wildman–Crippen LogP) is 1.66. The number of pyridine rings is 1. The van der Waals surface area contributed by atoms with E-state index in [1.807, 2.05) is 12.3 Å². The highest BCUT2D eigenvalue weighted by atomic mass is 16.5. The first kappa shape index (κ1) is 20.8. The number of anilines is 3. The summed E-state index contributed by atoms with van der Waals surface area (Å²) in [6.45, 7) is 5.05. The molecule has 3 aromatic rings. The third kappa shape index (κ3) is 3.27. The molecule has 33 heavy (non-hydrogen) atoms. The minimum Gasteiger partial charge on any atom is -0.390 e. The number of aromatic nitrogens is 5. The highest BCUT2D eigenvalue weighted by Crippen LogP contribution is 2.42. The number of aromatic amines is 1. The van der Waals surface area contributed by atoms with E-state index in [9.17, 15) is 5.11 Å². The smallest absolute Gasteiger partial charge is 0.183 e. The highest BCUT2D eigenvalue weighted by molar-refractivity contribution is 5.88. The van der Waals surface area contributed by atoms with E-state index in [1.165, 1.54) is 0 Å². The van der Waals surface area contributed by atoms with Crippen LogP contribution >= 0.6 is 0 Å². The van der Waals surface area contributed by atoms with Crippen LogP contribution in [0.3, 0.4) is 0 Å². The molecule has 10 nitrogen and oxygen atoms in total. The van der Waals surface area contributed by atoms with E-state index in [2.05, 4.69) is 38.0 Å². The molecule has 10 heteroatoms. The van der Waals surface area contributed by atoms with E-state index in [-0.39, 0.29) is 24.2 Å². The number of nitrogens with zero attached hydrogens (tertiary/aromatic N) is 6. The van der Waals surface area contributed by atoms with Crippen LogP contribution in [0.5, 0.6) is 0 Å². The SMILES string of the molecule is C[C@@H]1OCC2(CCN(c3nc4[nH]nc(N5CCCc6ncccc65)c4nc3CO)CC2)[C@@H]1N. The van der Waals surface area contributed by atoms with Gasteiger partial charge in [-0.25, -0.2) is 9.97 Å². The van der Waals surface area contributed by atoms with Gasteiger partial charge in [-0.1, -0.05) is 0 Å². The van der Waals surface area contributed by atoms with Crippen LogP contribution < -0.4 is 15.5 Å². The lowest BCUT2D eigenvalue weighted by Crippen LogP contribution is -2.51. The summed E-state index contributed by atoms with van der Waals surface area (Å²) >= 11 is 0. The number of hydrogen-bond acceptors (Lipinski definition) is 9. The molecule has 6 rings (SSSR count). The summed E-state index contributed by atoms with van der Waals surface area (Å²) in [5.74, 6) is 1.45. The van der Waals surface area contributed by atoms with Crippen LogP contribution in [0.4, 0.5) is 17.3 Å². The zero-order valence-electron chi connectivity index (χ0n) is 18.9. The van der Waals surface area contributed by atoms with Gasteiger partial charge < -0.3 is 25.4 Å². The molecule has 3 aliphatic heterocycles. The topological polar surface area (TPSA) is 129 Å². The van der Waals surface area contributed by atoms with Gasteiger partial charge in [0, 0.05) is 37.3 Å². The summed E-state index contributed by atoms with van der Waals surface area (Å²) in [7, 11) is 0. The van der Waals surface area contributed by atoms with Crippen molar-refractivity contribution in [2.24, 2.45) is 11.1 Å². The molecule has 2 saturated heterocycles. The van der Waals surface area contributed by atoms with E-state index in [0.29, 0.717) is 16.9 Å². The fraction of sp³-hybridized carbons (Fsp3) is 0.565. The first-order valence-corrected chi connectivity index (χ1v) is 11.8. The molecule has 0 aromatic carbocycles. The van der Waals surface area contributed by atoms with Crippen molar-refractivity contribution in [3.05, 3.63) is 29.7 Å². The third-order valence-electron chi connectivity index (χ3n) is 7.69. The molecular formula is C23H30N8O2. The molecule has 0 radical (unpaired) electrons. The second kappa shape index (κ2) is 7.89. The Balaban J connectivity index is 1.31. The fourth-order valence-corrected chi connectivity index (χ4v) is 5.65. The van der Waals surface area contributed by atoms with Crippen LogP contribution in [-0.2, 0) is 17.8 Å². The molecule has 0 amide bonds. The average molecular weight is 451 g/mol. The van der Waals surface area contributed by atoms with Gasteiger partial charge in [-0.15, -0.1) is 0 Å². The predicted molar refractivity (Wildman–Crippen MR) is 124 cm³/mol. The van der Waals surface area contributed by atoms with Crippen molar-refractivity contribution in [3.8, 4) is 0 Å². The maximum absolute atomic E-state index is 10.2. The van der Waals surface area contributed by atoms with E-state index in [1.54, 1.807) is 0 Å². The van der Waals surface area contributed by atoms with Crippen molar-refractivity contribution >= 4 is 28.5 Å². The number of aliphatic hydroxyl groups excluding tert-OH is 1. The molecule has 1 spiro atoms. The minimum absolute atomic E-state index is 0.0314. The monoisotopic (exact) mass is 450 g/mol. The largest absolute Gasteiger partial charge is 0.390 e. The Morgan fingerprint density at radius 2 is 2.09 bits per heavy atom. The number of H-pyrrole nitrogens is 1. The lowest BCUT2D eigenvalue weighted by Gasteiger charge is -2.41. The molecule has 0 bridgehead atoms. The Labute approximate surface area is 192 Å². The number of fused-ring (bicyclic) bond motifs is 2. The Kier molecular flexibility index (Phi) is 4.97. The summed E-state index contributed by atoms with van der Waals surface area (Å²) in [5, 5.41) is 17.8. The van der Waals surface area contributed by atoms with E-state index in [0.717, 1.165) is 74.9 Å². The number of piperidine rings is 1. The Morgan fingerprint density at radius 3 is 2.85 bits per heavy atom. The quantitative estimate of drug-likeness (QED) is 0.545. The van der Waals surface area contributed by atoms with Crippen molar-refractivity contribution in [2.45, 2.75) is 51.4 Å². The minimum atomic E-state index is -0.178. The maximum Gasteiger partial charge on any atom is 0.183 e. The van der Waals surface area contributed by atoms with Crippen molar-refractivity contribution < 1.29 is 9.84 Å². The van der Waals surface area contributed by atoms with Crippen molar-refractivity contribution in [1.82, 2.24) is 25.1 Å². The zero-order chi connectivity index (χ0) is 22.6. The first-order chi connectivity index (χ1) is 16.1. The van der Waals surface area contributed by atoms with Gasteiger partial charge in [-0.05, 0) is 44.7 Å². The molecule has 0 aliphatic carbocycles. The van der Waals surface area contributed by atoms with Crippen LogP contribution in [0.15, 0.2) is 18.3 Å². The number of nitrogens with one attached hydrogen (secondary N) is 1. The van der Waals surface area contributed by atoms with E-state index < -0.39 is 0 Å². The summed E-state index contributed by atoms with van der Waals surface area (Å²) in [4.78, 5) is 18.6. The number of aryl methyl sites for hydroxylation is 1. The van der Waals surface area contributed by atoms with Gasteiger partial charge in [0.25, 0.3) is 0 Å². The Morgan fingerprint density at radius 1 is 1.24 bits per heavy atom. The van der Waals surface area contributed by atoms with Gasteiger partial charge >= 0.3 is 0 Å². The zero-order valence-corrected chi connectivity index (χ0v) is 18.9. The lowest BCUT2D eigenvalue weighted by atomic mass is 9.73. The molecule has 4 N–H and O–H groups in total. The molecule has 2 atom stereocenters. The van der Waals surface area contributed by atoms with Crippen LogP contribution in [-0.4, -0.2) is 68.6 Å². The van der Waals surface area contributed by atoms with Gasteiger partial charge in [0.1, 0.15) is 5.69 Å². The molecule has 0 saturated carbocycles. The summed E-state index contributed by atoms with van der Waals surface area (Å²) in [6, 6.07) is 4.07. The fourth-order valence-electron chi connectivity index (χ4n) is 5.65. The molecule has 2 fully saturated rings. The van der Waals surface area contributed by atoms with Crippen molar-refractivity contribution in [1.29, 1.82) is 0 Å². The highest BCUT2D eigenvalue weighted by Gasteiger charge is 2.47. The molecule has 174 valence electrons. The van der Waals surface area contributed by atoms with Crippen LogP contribution in [0.2, 0.25) is 0 Å². The van der Waals surface area contributed by atoms with Gasteiger partial charge in [-0.3, -0.25) is 10.1 Å². The van der Waals surface area contributed by atoms with Gasteiger partial charge in [-0.2, -0.15) is 5.10 Å². The molecule has 3 aliphatic rings. The second-order valence-electron chi connectivity index (χ2n) is 9.51. The lowest BCUT2D eigenvalue weighted by molar-refractivity contribution is 0.0973. The van der Waals surface area contributed by atoms with Crippen molar-refractivity contribution in [2.75, 3.05) is 36.0 Å². The first-order valence-electron chi connectivity index (χ1n) is 11.8. The molecular weight excluding hydrogens is 420 g/mol. The van der Waals surface area contributed by atoms with Crippen LogP contribution in [0, 0.1) is 5.41 Å². The average Bonchev–Trinajstić information content (AvgIpc) is 3.39. The Bertz CT molecular complexity index is 1170.